The van der Waals surface area contributed by atoms with Crippen LogP contribution in [0.15, 0.2) is 47.6 Å². The molecule has 3 aliphatic rings. The van der Waals surface area contributed by atoms with Crippen LogP contribution in [0, 0.1) is 17.3 Å². The molecule has 2 amide bonds. The van der Waals surface area contributed by atoms with Gasteiger partial charge in [0, 0.05) is 16.8 Å². The number of anilines is 1. The fraction of sp³-hybridized carbons (Fsp3) is 0.483. The molecule has 2 N–H and O–H groups in total. The highest BCUT2D eigenvalue weighted by Gasteiger charge is 2.53. The van der Waals surface area contributed by atoms with Gasteiger partial charge in [-0.1, -0.05) is 13.0 Å². The van der Waals surface area contributed by atoms with Crippen LogP contribution in [0.3, 0.4) is 0 Å². The Hall–Kier alpha value is -3.35. The summed E-state index contributed by atoms with van der Waals surface area (Å²) in [6.45, 7) is 4.78. The fourth-order valence-corrected chi connectivity index (χ4v) is 6.82. The number of nitrogens with one attached hydrogen (secondary N) is 2. The Morgan fingerprint density at radius 2 is 1.81 bits per heavy atom. The van der Waals surface area contributed by atoms with Crippen molar-refractivity contribution in [1.29, 1.82) is 0 Å². The molecule has 0 aliphatic heterocycles. The minimum atomic E-state index is -0.752. The number of hydrogen-bond acceptors (Lipinski definition) is 5. The van der Waals surface area contributed by atoms with Gasteiger partial charge in [0.05, 0.1) is 13.7 Å². The molecule has 2 saturated carbocycles. The molecule has 4 atom stereocenters. The molecule has 0 bridgehead atoms. The van der Waals surface area contributed by atoms with E-state index in [1.807, 2.05) is 6.92 Å². The van der Waals surface area contributed by atoms with Crippen LogP contribution in [0.5, 0.6) is 11.5 Å². The molecule has 0 aromatic heterocycles. The smallest absolute Gasteiger partial charge is 0.329 e. The third-order valence-electron chi connectivity index (χ3n) is 8.60. The van der Waals surface area contributed by atoms with E-state index in [1.165, 1.54) is 17.5 Å². The maximum atomic E-state index is 12.5. The summed E-state index contributed by atoms with van der Waals surface area (Å²) in [6.07, 6.45) is 6.35. The van der Waals surface area contributed by atoms with E-state index in [9.17, 15) is 9.59 Å². The quantitative estimate of drug-likeness (QED) is 0.454. The highest BCUT2D eigenvalue weighted by atomic mass is 16.5. The van der Waals surface area contributed by atoms with E-state index >= 15 is 0 Å². The molecule has 0 saturated heterocycles. The SMILES string of the molecule is CCOc1ccc(NC(=O)C(=O)N/N=C2/CC[C@@H]3[C@H]4CCc5cc(OC)ccc5[C@@H]4CC[C@]23C)cc1. The third kappa shape index (κ3) is 4.47. The number of carbonyl (C=O) groups is 2. The molecule has 36 heavy (non-hydrogen) atoms. The van der Waals surface area contributed by atoms with E-state index in [0.717, 1.165) is 43.6 Å². The summed E-state index contributed by atoms with van der Waals surface area (Å²) in [5.74, 6) is 1.91. The molecule has 0 radical (unpaired) electrons. The Bertz CT molecular complexity index is 1180. The second kappa shape index (κ2) is 9.96. The molecular weight excluding hydrogens is 454 g/mol. The number of aryl methyl sites for hydroxylation is 1. The van der Waals surface area contributed by atoms with Gasteiger partial charge < -0.3 is 14.8 Å². The van der Waals surface area contributed by atoms with Crippen LogP contribution in [-0.4, -0.2) is 31.2 Å². The van der Waals surface area contributed by atoms with Crippen LogP contribution < -0.4 is 20.2 Å². The van der Waals surface area contributed by atoms with E-state index in [0.29, 0.717) is 35.8 Å². The molecule has 2 fully saturated rings. The monoisotopic (exact) mass is 489 g/mol. The summed E-state index contributed by atoms with van der Waals surface area (Å²) < 4.78 is 10.8. The first-order chi connectivity index (χ1) is 17.4. The van der Waals surface area contributed by atoms with Gasteiger partial charge in [-0.25, -0.2) is 5.43 Å². The van der Waals surface area contributed by atoms with Gasteiger partial charge >= 0.3 is 11.8 Å². The fourth-order valence-electron chi connectivity index (χ4n) is 6.82. The van der Waals surface area contributed by atoms with Gasteiger partial charge in [0.1, 0.15) is 11.5 Å². The van der Waals surface area contributed by atoms with Gasteiger partial charge in [0.2, 0.25) is 0 Å². The first-order valence-electron chi connectivity index (χ1n) is 13.0. The number of amides is 2. The zero-order valence-corrected chi connectivity index (χ0v) is 21.3. The molecule has 7 heteroatoms. The van der Waals surface area contributed by atoms with Crippen molar-refractivity contribution in [3.05, 3.63) is 53.6 Å². The molecule has 0 heterocycles. The van der Waals surface area contributed by atoms with Gasteiger partial charge in [-0.3, -0.25) is 9.59 Å². The van der Waals surface area contributed by atoms with Crippen molar-refractivity contribution in [3.63, 3.8) is 0 Å². The number of fused-ring (bicyclic) bond motifs is 5. The highest BCUT2D eigenvalue weighted by molar-refractivity contribution is 6.39. The normalized spacial score (nSPS) is 27.4. The second-order valence-electron chi connectivity index (χ2n) is 10.4. The summed E-state index contributed by atoms with van der Waals surface area (Å²) in [6, 6.07) is 13.5. The van der Waals surface area contributed by atoms with Gasteiger partial charge in [-0.15, -0.1) is 0 Å². The number of nitrogens with zero attached hydrogens (tertiary/aromatic N) is 1. The summed E-state index contributed by atoms with van der Waals surface area (Å²) in [5, 5.41) is 7.13. The lowest BCUT2D eigenvalue weighted by Crippen LogP contribution is -2.43. The topological polar surface area (TPSA) is 89.0 Å². The average molecular weight is 490 g/mol. The van der Waals surface area contributed by atoms with Crippen LogP contribution in [0.25, 0.3) is 0 Å². The van der Waals surface area contributed by atoms with Crippen molar-refractivity contribution in [2.75, 3.05) is 19.0 Å². The number of hydrazone groups is 1. The molecular formula is C29H35N3O4. The Kier molecular flexibility index (Phi) is 6.73. The highest BCUT2D eigenvalue weighted by Crippen LogP contribution is 2.59. The summed E-state index contributed by atoms with van der Waals surface area (Å²) in [5.41, 5.74) is 6.97. The van der Waals surface area contributed by atoms with Crippen LogP contribution in [-0.2, 0) is 16.0 Å². The molecule has 190 valence electrons. The van der Waals surface area contributed by atoms with E-state index in [1.54, 1.807) is 31.4 Å². The van der Waals surface area contributed by atoms with E-state index in [-0.39, 0.29) is 5.41 Å². The number of benzene rings is 2. The van der Waals surface area contributed by atoms with Crippen molar-refractivity contribution in [2.24, 2.45) is 22.4 Å². The summed E-state index contributed by atoms with van der Waals surface area (Å²) in [4.78, 5) is 24.9. The molecule has 7 nitrogen and oxygen atoms in total. The minimum Gasteiger partial charge on any atom is -0.497 e. The number of carbonyl (C=O) groups excluding carboxylic acids is 2. The summed E-state index contributed by atoms with van der Waals surface area (Å²) >= 11 is 0. The number of methoxy groups -OCH3 is 1. The van der Waals surface area contributed by atoms with Crippen LogP contribution in [0.2, 0.25) is 0 Å². The molecule has 2 aromatic carbocycles. The zero-order valence-electron chi connectivity index (χ0n) is 21.3. The van der Waals surface area contributed by atoms with Crippen molar-refractivity contribution in [2.45, 2.75) is 58.3 Å². The Balaban J connectivity index is 1.23. The maximum absolute atomic E-state index is 12.5. The first kappa shape index (κ1) is 24.3. The lowest BCUT2D eigenvalue weighted by molar-refractivity contribution is -0.136. The van der Waals surface area contributed by atoms with Crippen molar-refractivity contribution < 1.29 is 19.1 Å². The van der Waals surface area contributed by atoms with Crippen LogP contribution >= 0.6 is 0 Å². The molecule has 0 spiro atoms. The first-order valence-corrected chi connectivity index (χ1v) is 13.0. The Morgan fingerprint density at radius 1 is 1.03 bits per heavy atom. The standard InChI is InChI=1S/C29H35N3O4/c1-4-36-20-8-6-19(7-9-20)30-27(33)28(34)32-31-26-14-13-25-24-11-5-18-17-21(35-3)10-12-22(18)23(24)15-16-29(25,26)2/h6-10,12,17,23-25H,4-5,11,13-16H2,1-3H3,(H,30,33)(H,32,34)/b31-26-/t23-,24-,25+,29-/m0/s1. The Morgan fingerprint density at radius 3 is 2.56 bits per heavy atom. The van der Waals surface area contributed by atoms with Gasteiger partial charge in [-0.05, 0) is 111 Å². The number of ether oxygens (including phenoxy) is 2. The van der Waals surface area contributed by atoms with Crippen LogP contribution in [0.4, 0.5) is 5.69 Å². The Labute approximate surface area is 212 Å². The third-order valence-corrected chi connectivity index (χ3v) is 8.60. The molecule has 3 aliphatic carbocycles. The van der Waals surface area contributed by atoms with Crippen molar-refractivity contribution in [1.82, 2.24) is 5.43 Å². The van der Waals surface area contributed by atoms with E-state index in [2.05, 4.69) is 41.0 Å². The number of rotatable bonds is 5. The van der Waals surface area contributed by atoms with Gasteiger partial charge in [0.25, 0.3) is 0 Å². The largest absolute Gasteiger partial charge is 0.497 e. The van der Waals surface area contributed by atoms with Gasteiger partial charge in [-0.2, -0.15) is 5.10 Å². The minimum absolute atomic E-state index is 0.0377. The molecule has 2 aromatic rings. The van der Waals surface area contributed by atoms with Crippen LogP contribution in [0.1, 0.15) is 63.0 Å². The van der Waals surface area contributed by atoms with Crippen molar-refractivity contribution >= 4 is 23.2 Å². The van der Waals surface area contributed by atoms with E-state index in [4.69, 9.17) is 9.47 Å². The average Bonchev–Trinajstić information content (AvgIpc) is 3.24. The lowest BCUT2D eigenvalue weighted by atomic mass is 9.55. The van der Waals surface area contributed by atoms with Crippen molar-refractivity contribution in [3.8, 4) is 11.5 Å². The second-order valence-corrected chi connectivity index (χ2v) is 10.4. The predicted octanol–water partition coefficient (Wildman–Crippen LogP) is 5.06. The molecule has 0 unspecified atom stereocenters. The number of hydrogen-bond donors (Lipinski definition) is 2. The van der Waals surface area contributed by atoms with Gasteiger partial charge in [0.15, 0.2) is 0 Å². The zero-order chi connectivity index (χ0) is 25.3. The van der Waals surface area contributed by atoms with E-state index < -0.39 is 11.8 Å². The molecule has 5 rings (SSSR count). The maximum Gasteiger partial charge on any atom is 0.329 e. The lowest BCUT2D eigenvalue weighted by Gasteiger charge is -2.49. The summed E-state index contributed by atoms with van der Waals surface area (Å²) in [7, 11) is 1.72. The predicted molar refractivity (Wildman–Crippen MR) is 139 cm³/mol.